The molecule has 0 spiro atoms. The van der Waals surface area contributed by atoms with E-state index in [1.54, 1.807) is 25.5 Å². The zero-order valence-electron chi connectivity index (χ0n) is 20.6. The molecule has 1 fully saturated rings. The number of rotatable bonds is 7. The highest BCUT2D eigenvalue weighted by atomic mass is 32.2. The number of benzene rings is 2. The fraction of sp³-hybridized carbons (Fsp3) is 0.440. The van der Waals surface area contributed by atoms with Gasteiger partial charge in [-0.15, -0.1) is 0 Å². The van der Waals surface area contributed by atoms with Gasteiger partial charge in [0.15, 0.2) is 0 Å². The van der Waals surface area contributed by atoms with E-state index in [4.69, 9.17) is 0 Å². The third-order valence-corrected chi connectivity index (χ3v) is 7.17. The molecule has 4 rings (SSSR count). The van der Waals surface area contributed by atoms with E-state index in [1.807, 2.05) is 0 Å². The first-order chi connectivity index (χ1) is 17.4. The van der Waals surface area contributed by atoms with Crippen LogP contribution in [0.1, 0.15) is 50.8 Å². The minimum atomic E-state index is -5.10. The Morgan fingerprint density at radius 1 is 1.00 bits per heavy atom. The maximum Gasteiger partial charge on any atom is 0.417 e. The van der Waals surface area contributed by atoms with Crippen molar-refractivity contribution in [2.45, 2.75) is 64.6 Å². The standard InChI is InChI=1S/C25H26F7N3O2S/c1-23(2,3)13-35-12-18(22(25(30,31)32)34-38(36,37)33-14-8-9-14)17-10-20(26)16(11-21(17)35)15-6-4-5-7-19(15)24(27,28)29/h4-7,10-12,14,22,33-34H,8-9,13H2,1-3H3/t22-/m0/s1. The van der Waals surface area contributed by atoms with Crippen LogP contribution in [0.5, 0.6) is 0 Å². The molecular weight excluding hydrogens is 539 g/mol. The smallest absolute Gasteiger partial charge is 0.347 e. The highest BCUT2D eigenvalue weighted by molar-refractivity contribution is 7.87. The van der Waals surface area contributed by atoms with Gasteiger partial charge in [0.1, 0.15) is 11.9 Å². The fourth-order valence-electron chi connectivity index (χ4n) is 4.30. The van der Waals surface area contributed by atoms with Crippen LogP contribution in [0, 0.1) is 11.2 Å². The van der Waals surface area contributed by atoms with Gasteiger partial charge in [0.25, 0.3) is 10.2 Å². The molecule has 208 valence electrons. The average molecular weight is 566 g/mol. The first kappa shape index (κ1) is 28.4. The highest BCUT2D eigenvalue weighted by Crippen LogP contribution is 2.43. The second-order valence-electron chi connectivity index (χ2n) is 10.7. The largest absolute Gasteiger partial charge is 0.417 e. The van der Waals surface area contributed by atoms with Crippen molar-refractivity contribution in [3.63, 3.8) is 0 Å². The van der Waals surface area contributed by atoms with Crippen LogP contribution in [-0.4, -0.2) is 25.2 Å². The van der Waals surface area contributed by atoms with Crippen LogP contribution in [-0.2, 0) is 22.9 Å². The van der Waals surface area contributed by atoms with Crippen molar-refractivity contribution in [3.8, 4) is 11.1 Å². The summed E-state index contributed by atoms with van der Waals surface area (Å²) in [5.41, 5.74) is -3.03. The molecule has 1 saturated carbocycles. The molecule has 1 aliphatic rings. The van der Waals surface area contributed by atoms with Gasteiger partial charge in [-0.3, -0.25) is 0 Å². The van der Waals surface area contributed by atoms with E-state index in [9.17, 15) is 34.8 Å². The molecular formula is C25H26F7N3O2S. The normalized spacial score (nSPS) is 16.3. The molecule has 1 aliphatic carbocycles. The minimum Gasteiger partial charge on any atom is -0.347 e. The first-order valence-electron chi connectivity index (χ1n) is 11.7. The van der Waals surface area contributed by atoms with Crippen molar-refractivity contribution in [1.29, 1.82) is 0 Å². The van der Waals surface area contributed by atoms with Crippen molar-refractivity contribution in [3.05, 3.63) is 59.5 Å². The topological polar surface area (TPSA) is 63.1 Å². The Kier molecular flexibility index (Phi) is 7.11. The van der Waals surface area contributed by atoms with Gasteiger partial charge in [0.2, 0.25) is 0 Å². The lowest BCUT2D eigenvalue weighted by molar-refractivity contribution is -0.152. The lowest BCUT2D eigenvalue weighted by atomic mass is 9.95. The first-order valence-corrected chi connectivity index (χ1v) is 13.2. The lowest BCUT2D eigenvalue weighted by Gasteiger charge is -2.22. The number of nitrogens with zero attached hydrogens (tertiary/aromatic N) is 1. The Hall–Kier alpha value is -2.64. The van der Waals surface area contributed by atoms with Crippen LogP contribution in [0.4, 0.5) is 30.7 Å². The second-order valence-corrected chi connectivity index (χ2v) is 12.1. The fourth-order valence-corrected chi connectivity index (χ4v) is 5.61. The Morgan fingerprint density at radius 2 is 1.63 bits per heavy atom. The van der Waals surface area contributed by atoms with Crippen LogP contribution < -0.4 is 9.44 Å². The zero-order valence-corrected chi connectivity index (χ0v) is 21.5. The summed E-state index contributed by atoms with van der Waals surface area (Å²) in [6.07, 6.45) is -7.83. The Balaban J connectivity index is 1.94. The summed E-state index contributed by atoms with van der Waals surface area (Å²) in [5, 5.41) is -0.267. The van der Waals surface area contributed by atoms with Crippen LogP contribution in [0.15, 0.2) is 42.6 Å². The molecule has 13 heteroatoms. The van der Waals surface area contributed by atoms with Gasteiger partial charge in [0, 0.05) is 40.8 Å². The number of hydrogen-bond donors (Lipinski definition) is 2. The molecule has 0 amide bonds. The van der Waals surface area contributed by atoms with Crippen LogP contribution >= 0.6 is 0 Å². The zero-order chi connectivity index (χ0) is 28.3. The van der Waals surface area contributed by atoms with Gasteiger partial charge in [0.05, 0.1) is 5.56 Å². The monoisotopic (exact) mass is 565 g/mol. The molecule has 2 N–H and O–H groups in total. The maximum atomic E-state index is 15.4. The van der Waals surface area contributed by atoms with Crippen molar-refractivity contribution < 1.29 is 39.2 Å². The van der Waals surface area contributed by atoms with E-state index in [0.717, 1.165) is 36.5 Å². The van der Waals surface area contributed by atoms with E-state index < -0.39 is 68.1 Å². The lowest BCUT2D eigenvalue weighted by Crippen LogP contribution is -2.44. The van der Waals surface area contributed by atoms with E-state index in [0.29, 0.717) is 12.8 Å². The molecule has 2 aromatic carbocycles. The van der Waals surface area contributed by atoms with Crippen molar-refractivity contribution in [2.24, 2.45) is 5.41 Å². The highest BCUT2D eigenvalue weighted by Gasteiger charge is 2.45. The maximum absolute atomic E-state index is 15.4. The summed E-state index contributed by atoms with van der Waals surface area (Å²) in [6, 6.07) is 2.95. The van der Waals surface area contributed by atoms with E-state index in [2.05, 4.69) is 4.72 Å². The SMILES string of the molecule is CC(C)(C)Cn1cc([C@H](NS(=O)(=O)NC2CC2)C(F)(F)F)c2cc(F)c(-c3ccccc3C(F)(F)F)cc21. The van der Waals surface area contributed by atoms with Crippen molar-refractivity contribution in [1.82, 2.24) is 14.0 Å². The Morgan fingerprint density at radius 3 is 2.18 bits per heavy atom. The predicted molar refractivity (Wildman–Crippen MR) is 129 cm³/mol. The quantitative estimate of drug-likeness (QED) is 0.313. The Labute approximate surface area is 215 Å². The number of nitrogens with one attached hydrogen (secondary N) is 2. The van der Waals surface area contributed by atoms with E-state index >= 15 is 4.39 Å². The third-order valence-electron chi connectivity index (χ3n) is 5.98. The van der Waals surface area contributed by atoms with Gasteiger partial charge in [-0.25, -0.2) is 4.39 Å². The van der Waals surface area contributed by atoms with Gasteiger partial charge in [-0.1, -0.05) is 39.0 Å². The number of fused-ring (bicyclic) bond motifs is 1. The third kappa shape index (κ3) is 6.32. The molecule has 1 aromatic heterocycles. The number of alkyl halides is 6. The molecule has 0 saturated heterocycles. The predicted octanol–water partition coefficient (Wildman–Crippen LogP) is 6.70. The van der Waals surface area contributed by atoms with E-state index in [1.165, 1.54) is 10.6 Å². The Bertz CT molecular complexity index is 1450. The second kappa shape index (κ2) is 9.53. The molecule has 0 bridgehead atoms. The molecule has 0 aliphatic heterocycles. The summed E-state index contributed by atoms with van der Waals surface area (Å²) in [6.45, 7) is 5.51. The van der Waals surface area contributed by atoms with Gasteiger partial charge >= 0.3 is 12.4 Å². The van der Waals surface area contributed by atoms with E-state index in [-0.39, 0.29) is 17.4 Å². The van der Waals surface area contributed by atoms with Gasteiger partial charge in [-0.05, 0) is 42.0 Å². The van der Waals surface area contributed by atoms with Crippen molar-refractivity contribution >= 4 is 21.1 Å². The van der Waals surface area contributed by atoms with Crippen LogP contribution in [0.25, 0.3) is 22.0 Å². The molecule has 1 atom stereocenters. The summed E-state index contributed by atoms with van der Waals surface area (Å²) in [4.78, 5) is 0. The molecule has 0 unspecified atom stereocenters. The van der Waals surface area contributed by atoms with Crippen LogP contribution in [0.2, 0.25) is 0 Å². The molecule has 1 heterocycles. The van der Waals surface area contributed by atoms with Crippen LogP contribution in [0.3, 0.4) is 0 Å². The summed E-state index contributed by atoms with van der Waals surface area (Å²) < 4.78 is 129. The minimum absolute atomic E-state index is 0.0342. The summed E-state index contributed by atoms with van der Waals surface area (Å²) in [7, 11) is -4.57. The molecule has 0 radical (unpaired) electrons. The summed E-state index contributed by atoms with van der Waals surface area (Å²) in [5.74, 6) is -1.18. The number of hydrogen-bond acceptors (Lipinski definition) is 2. The summed E-state index contributed by atoms with van der Waals surface area (Å²) >= 11 is 0. The van der Waals surface area contributed by atoms with Crippen molar-refractivity contribution in [2.75, 3.05) is 0 Å². The number of halogens is 7. The molecule has 38 heavy (non-hydrogen) atoms. The molecule has 5 nitrogen and oxygen atoms in total. The van der Waals surface area contributed by atoms with Gasteiger partial charge in [-0.2, -0.15) is 44.2 Å². The van der Waals surface area contributed by atoms with Gasteiger partial charge < -0.3 is 4.57 Å². The molecule has 3 aromatic rings. The average Bonchev–Trinajstić information content (AvgIpc) is 3.50. The number of aromatic nitrogens is 1.